The number of benzene rings is 1. The monoisotopic (exact) mass is 316 g/mol. The van der Waals surface area contributed by atoms with Crippen molar-refractivity contribution in [2.75, 3.05) is 4.90 Å². The molecule has 0 unspecified atom stereocenters. The predicted molar refractivity (Wildman–Crippen MR) is 90.2 cm³/mol. The molecule has 0 saturated heterocycles. The molecule has 1 aromatic carbocycles. The van der Waals surface area contributed by atoms with Gasteiger partial charge in [-0.3, -0.25) is 4.90 Å². The first-order chi connectivity index (χ1) is 11.9. The van der Waals surface area contributed by atoms with Crippen LogP contribution in [0.2, 0.25) is 0 Å². The Bertz CT molecular complexity index is 812. The molecule has 0 amide bonds. The second-order valence-corrected chi connectivity index (χ2v) is 5.48. The fourth-order valence-electron chi connectivity index (χ4n) is 2.50. The Morgan fingerprint density at radius 3 is 2.62 bits per heavy atom. The Kier molecular flexibility index (Phi) is 3.93. The summed E-state index contributed by atoms with van der Waals surface area (Å²) in [5.41, 5.74) is 2.10. The smallest absolute Gasteiger partial charge is 0.214 e. The lowest BCUT2D eigenvalue weighted by molar-refractivity contribution is 0.455. The molecule has 24 heavy (non-hydrogen) atoms. The molecule has 6 heteroatoms. The van der Waals surface area contributed by atoms with Gasteiger partial charge in [0.1, 0.15) is 11.5 Å². The number of aromatic nitrogens is 4. The van der Waals surface area contributed by atoms with E-state index in [-0.39, 0.29) is 0 Å². The Morgan fingerprint density at radius 1 is 0.917 bits per heavy atom. The van der Waals surface area contributed by atoms with E-state index in [0.29, 0.717) is 6.54 Å². The number of nitrogens with zero attached hydrogens (tertiary/aromatic N) is 6. The molecule has 1 aliphatic heterocycles. The third-order valence-corrected chi connectivity index (χ3v) is 3.63. The average molecular weight is 316 g/mol. The van der Waals surface area contributed by atoms with E-state index in [1.165, 1.54) is 5.56 Å². The maximum absolute atomic E-state index is 4.31. The molecule has 0 fully saturated rings. The minimum absolute atomic E-state index is 0.620. The third-order valence-electron chi connectivity index (χ3n) is 3.63. The quantitative estimate of drug-likeness (QED) is 0.724. The normalized spacial score (nSPS) is 13.7. The molecule has 118 valence electrons. The minimum atomic E-state index is 0.620. The zero-order valence-electron chi connectivity index (χ0n) is 13.0. The summed E-state index contributed by atoms with van der Waals surface area (Å²) in [5, 5.41) is 8.43. The molecule has 0 spiro atoms. The van der Waals surface area contributed by atoms with Crippen LogP contribution in [0.15, 0.2) is 73.3 Å². The van der Waals surface area contributed by atoms with Crippen molar-refractivity contribution in [2.45, 2.75) is 13.1 Å². The minimum Gasteiger partial charge on any atom is -0.340 e. The molecule has 0 N–H and O–H groups in total. The van der Waals surface area contributed by atoms with Crippen LogP contribution in [0.4, 0.5) is 5.82 Å². The largest absolute Gasteiger partial charge is 0.340 e. The average Bonchev–Trinajstić information content (AvgIpc) is 3.27. The van der Waals surface area contributed by atoms with Gasteiger partial charge in [0.25, 0.3) is 0 Å². The topological polar surface area (TPSA) is 50.1 Å². The summed E-state index contributed by atoms with van der Waals surface area (Å²) in [5.74, 6) is 0.837. The SMILES string of the molecule is [C]1N(Cc2cn(Cc3ccccc3)nn2)C=CN1c1ccccn1. The predicted octanol–water partition coefficient (Wildman–Crippen LogP) is 2.51. The molecule has 6 nitrogen and oxygen atoms in total. The van der Waals surface area contributed by atoms with E-state index >= 15 is 0 Å². The molecule has 3 heterocycles. The van der Waals surface area contributed by atoms with Gasteiger partial charge in [0.2, 0.25) is 6.67 Å². The fraction of sp³-hybridized carbons (Fsp3) is 0.111. The second kappa shape index (κ2) is 6.54. The van der Waals surface area contributed by atoms with Crippen LogP contribution in [0, 0.1) is 6.67 Å². The van der Waals surface area contributed by atoms with Gasteiger partial charge in [-0.05, 0) is 17.7 Å². The van der Waals surface area contributed by atoms with Crippen molar-refractivity contribution in [3.8, 4) is 0 Å². The van der Waals surface area contributed by atoms with Crippen LogP contribution in [-0.2, 0) is 13.1 Å². The lowest BCUT2D eigenvalue weighted by Crippen LogP contribution is -2.19. The molecule has 1 aliphatic rings. The summed E-state index contributed by atoms with van der Waals surface area (Å²) < 4.78 is 1.85. The van der Waals surface area contributed by atoms with Crippen LogP contribution in [0.3, 0.4) is 0 Å². The van der Waals surface area contributed by atoms with Crippen LogP contribution in [0.1, 0.15) is 11.3 Å². The van der Waals surface area contributed by atoms with E-state index in [9.17, 15) is 0 Å². The van der Waals surface area contributed by atoms with Crippen molar-refractivity contribution in [3.63, 3.8) is 0 Å². The first-order valence-electron chi connectivity index (χ1n) is 7.71. The molecule has 0 saturated carbocycles. The molecule has 2 radical (unpaired) electrons. The van der Waals surface area contributed by atoms with E-state index in [4.69, 9.17) is 0 Å². The Labute approximate surface area is 140 Å². The molecular formula is C18H16N6. The second-order valence-electron chi connectivity index (χ2n) is 5.48. The number of rotatable bonds is 5. The summed E-state index contributed by atoms with van der Waals surface area (Å²) in [4.78, 5) is 8.10. The summed E-state index contributed by atoms with van der Waals surface area (Å²) in [6.07, 6.45) is 7.61. The number of anilines is 1. The van der Waals surface area contributed by atoms with E-state index in [2.05, 4.69) is 34.1 Å². The molecule has 0 atom stereocenters. The first kappa shape index (κ1) is 14.4. The van der Waals surface area contributed by atoms with Crippen molar-refractivity contribution < 1.29 is 0 Å². The van der Waals surface area contributed by atoms with Crippen LogP contribution >= 0.6 is 0 Å². The van der Waals surface area contributed by atoms with Gasteiger partial charge in [0.05, 0.1) is 19.3 Å². The zero-order chi connectivity index (χ0) is 16.2. The van der Waals surface area contributed by atoms with Gasteiger partial charge in [-0.1, -0.05) is 41.6 Å². The van der Waals surface area contributed by atoms with Gasteiger partial charge in [-0.15, -0.1) is 5.10 Å². The van der Waals surface area contributed by atoms with Crippen LogP contribution < -0.4 is 4.90 Å². The standard InChI is InChI=1S/C18H16N6/c1-2-6-16(7-3-1)12-24-14-17(20-21-24)13-22-10-11-23(15-22)18-8-4-5-9-19-18/h1-11,14H,12-13H2. The molecular weight excluding hydrogens is 300 g/mol. The highest BCUT2D eigenvalue weighted by Crippen LogP contribution is 2.20. The van der Waals surface area contributed by atoms with Crippen molar-refractivity contribution in [3.05, 3.63) is 91.3 Å². The molecule has 3 aromatic rings. The zero-order valence-corrected chi connectivity index (χ0v) is 13.0. The van der Waals surface area contributed by atoms with Gasteiger partial charge < -0.3 is 4.90 Å². The summed E-state index contributed by atoms with van der Waals surface area (Å²) in [6, 6.07) is 16.0. The lowest BCUT2D eigenvalue weighted by Gasteiger charge is -2.16. The van der Waals surface area contributed by atoms with Crippen LogP contribution in [-0.4, -0.2) is 24.9 Å². The fourth-order valence-corrected chi connectivity index (χ4v) is 2.50. The van der Waals surface area contributed by atoms with Crippen molar-refractivity contribution >= 4 is 5.82 Å². The maximum Gasteiger partial charge on any atom is 0.214 e. The molecule has 4 rings (SSSR count). The highest BCUT2D eigenvalue weighted by molar-refractivity contribution is 5.45. The molecule has 0 aliphatic carbocycles. The van der Waals surface area contributed by atoms with Gasteiger partial charge >= 0.3 is 0 Å². The Hall–Kier alpha value is -3.15. The maximum atomic E-state index is 4.31. The summed E-state index contributed by atoms with van der Waals surface area (Å²) in [7, 11) is 0. The van der Waals surface area contributed by atoms with Crippen molar-refractivity contribution in [1.29, 1.82) is 0 Å². The highest BCUT2D eigenvalue weighted by atomic mass is 15.4. The van der Waals surface area contributed by atoms with Gasteiger partial charge in [0, 0.05) is 18.6 Å². The number of hydrogen-bond acceptors (Lipinski definition) is 5. The van der Waals surface area contributed by atoms with E-state index < -0.39 is 0 Å². The molecule has 2 aromatic heterocycles. The Balaban J connectivity index is 1.36. The van der Waals surface area contributed by atoms with Crippen LogP contribution in [0.25, 0.3) is 0 Å². The summed E-state index contributed by atoms with van der Waals surface area (Å²) >= 11 is 0. The number of pyridine rings is 1. The van der Waals surface area contributed by atoms with Gasteiger partial charge in [-0.2, -0.15) is 0 Å². The van der Waals surface area contributed by atoms with Crippen molar-refractivity contribution in [1.82, 2.24) is 24.9 Å². The third kappa shape index (κ3) is 3.27. The highest BCUT2D eigenvalue weighted by Gasteiger charge is 2.18. The van der Waals surface area contributed by atoms with E-state index in [1.807, 2.05) is 69.5 Å². The van der Waals surface area contributed by atoms with Gasteiger partial charge in [0.15, 0.2) is 0 Å². The first-order valence-corrected chi connectivity index (χ1v) is 7.71. The van der Waals surface area contributed by atoms with E-state index in [0.717, 1.165) is 18.1 Å². The Morgan fingerprint density at radius 2 is 1.79 bits per heavy atom. The molecule has 0 bridgehead atoms. The van der Waals surface area contributed by atoms with Gasteiger partial charge in [-0.25, -0.2) is 9.67 Å². The van der Waals surface area contributed by atoms with Crippen molar-refractivity contribution in [2.24, 2.45) is 0 Å². The summed E-state index contributed by atoms with van der Waals surface area (Å²) in [6.45, 7) is 4.57. The number of hydrogen-bond donors (Lipinski definition) is 0. The van der Waals surface area contributed by atoms with E-state index in [1.54, 1.807) is 6.20 Å². The van der Waals surface area contributed by atoms with Crippen LogP contribution in [0.5, 0.6) is 0 Å². The lowest BCUT2D eigenvalue weighted by atomic mass is 10.2.